The number of Topliss-reactive ketones (excluding diaryl/α,β-unsaturated/α-hetero) is 2. The lowest BCUT2D eigenvalue weighted by Crippen LogP contribution is -2.36. The van der Waals surface area contributed by atoms with Crippen LogP contribution >= 0.6 is 0 Å². The van der Waals surface area contributed by atoms with Crippen molar-refractivity contribution in [2.75, 3.05) is 5.73 Å². The third-order valence-corrected chi connectivity index (χ3v) is 3.06. The molecule has 1 atom stereocenters. The van der Waals surface area contributed by atoms with Gasteiger partial charge in [0.2, 0.25) is 0 Å². The molecule has 2 N–H and O–H groups in total. The molecule has 1 aliphatic carbocycles. The quantitative estimate of drug-likeness (QED) is 0.628. The summed E-state index contributed by atoms with van der Waals surface area (Å²) in [5.41, 5.74) is 3.40. The summed E-state index contributed by atoms with van der Waals surface area (Å²) in [7, 11) is 0. The Bertz CT molecular complexity index is 1150. The third-order valence-electron chi connectivity index (χ3n) is 3.06. The third kappa shape index (κ3) is 2.12. The lowest BCUT2D eigenvalue weighted by molar-refractivity contribution is -0.132. The van der Waals surface area contributed by atoms with E-state index in [1.54, 1.807) is 0 Å². The number of rotatable bonds is 1. The fraction of sp³-hybridized carbons (Fsp3) is 0.333. The van der Waals surface area contributed by atoms with Gasteiger partial charge >= 0.3 is 0 Å². The summed E-state index contributed by atoms with van der Waals surface area (Å²) in [6, 6.07) is -4.99. The largest absolute Gasteiger partial charge is 0.398 e. The number of nitrogens with zero attached hydrogens (tertiary/aromatic N) is 2. The normalized spacial score (nSPS) is 30.7. The van der Waals surface area contributed by atoms with Crippen molar-refractivity contribution in [2.24, 2.45) is 0 Å². The monoisotopic (exact) mass is 293 g/mol. The summed E-state index contributed by atoms with van der Waals surface area (Å²) >= 11 is 0. The Labute approximate surface area is 131 Å². The number of carbonyl (C=O) groups excluding carboxylic acids is 2. The highest BCUT2D eigenvalue weighted by molar-refractivity contribution is 6.03. The summed E-state index contributed by atoms with van der Waals surface area (Å²) in [6.45, 7) is -2.07. The molecule has 1 fully saturated rings. The van der Waals surface area contributed by atoms with Crippen molar-refractivity contribution in [2.45, 2.75) is 32.1 Å². The van der Waals surface area contributed by atoms with E-state index in [1.165, 1.54) is 0 Å². The van der Waals surface area contributed by atoms with Gasteiger partial charge in [0.1, 0.15) is 11.6 Å². The number of benzene rings is 1. The Hall–Kier alpha value is -2.50. The van der Waals surface area contributed by atoms with Gasteiger partial charge in [0.25, 0.3) is 5.56 Å². The summed E-state index contributed by atoms with van der Waals surface area (Å²) < 4.78 is 63.8. The molecule has 0 amide bonds. The molecule has 6 heteroatoms. The molecule has 0 radical (unpaired) electrons. The first kappa shape index (κ1) is 6.98. The van der Waals surface area contributed by atoms with E-state index in [2.05, 4.69) is 4.98 Å². The predicted octanol–water partition coefficient (Wildman–Crippen LogP) is 1.15. The van der Waals surface area contributed by atoms with Crippen LogP contribution in [0, 0.1) is 6.88 Å². The van der Waals surface area contributed by atoms with Gasteiger partial charge in [-0.3, -0.25) is 19.0 Å². The Morgan fingerprint density at radius 1 is 1.52 bits per heavy atom. The molecule has 1 aromatic heterocycles. The first-order valence-electron chi connectivity index (χ1n) is 10.1. The van der Waals surface area contributed by atoms with Crippen LogP contribution in [0.2, 0.25) is 0 Å². The van der Waals surface area contributed by atoms with E-state index in [0.29, 0.717) is 0 Å². The van der Waals surface area contributed by atoms with E-state index in [4.69, 9.17) is 16.7 Å². The molecule has 2 aromatic rings. The zero-order chi connectivity index (χ0) is 22.0. The first-order valence-corrected chi connectivity index (χ1v) is 5.97. The number of carbonyl (C=O) groups is 2. The second-order valence-corrected chi connectivity index (χ2v) is 4.46. The smallest absolute Gasteiger partial charge is 0.264 e. The van der Waals surface area contributed by atoms with Gasteiger partial charge in [0.15, 0.2) is 5.78 Å². The van der Waals surface area contributed by atoms with Gasteiger partial charge in [0.05, 0.1) is 28.8 Å². The minimum absolute atomic E-state index is 0.230. The fourth-order valence-corrected chi connectivity index (χ4v) is 2.12. The molecule has 6 nitrogen and oxygen atoms in total. The minimum atomic E-state index is -3.01. The number of fused-ring (bicyclic) bond motifs is 1. The highest BCUT2D eigenvalue weighted by Crippen LogP contribution is 2.24. The zero-order valence-electron chi connectivity index (χ0n) is 18.7. The Kier molecular flexibility index (Phi) is 1.59. The fourth-order valence-electron chi connectivity index (χ4n) is 2.12. The highest BCUT2D eigenvalue weighted by atomic mass is 16.2. The predicted molar refractivity (Wildman–Crippen MR) is 78.1 cm³/mol. The number of nitrogen functional groups attached to an aromatic ring is 1. The number of hydrogen-bond acceptors (Lipinski definition) is 5. The van der Waals surface area contributed by atoms with Gasteiger partial charge in [0, 0.05) is 17.6 Å². The van der Waals surface area contributed by atoms with E-state index in [1.807, 2.05) is 0 Å². The van der Waals surface area contributed by atoms with Crippen LogP contribution in [0.4, 0.5) is 5.69 Å². The SMILES string of the molecule is [2H]c1c([2H])c(N)c2c(=O)n(C3([2H])C(=O)CC(=O)CC3([2H])[2H])c(C([2H])[2H])nc2c1[2H]. The molecule has 1 heterocycles. The van der Waals surface area contributed by atoms with Crippen LogP contribution in [0.3, 0.4) is 0 Å². The molecule has 1 aromatic carbocycles. The summed E-state index contributed by atoms with van der Waals surface area (Å²) in [5, 5.41) is -0.590. The zero-order valence-corrected chi connectivity index (χ0v) is 10.7. The second-order valence-electron chi connectivity index (χ2n) is 4.46. The van der Waals surface area contributed by atoms with Crippen LogP contribution in [0.5, 0.6) is 0 Å². The van der Waals surface area contributed by atoms with Crippen LogP contribution in [-0.2, 0) is 9.59 Å². The summed E-state index contributed by atoms with van der Waals surface area (Å²) in [6.07, 6.45) is -4.52. The van der Waals surface area contributed by atoms with Gasteiger partial charge in [-0.15, -0.1) is 0 Å². The first-order chi connectivity index (χ1) is 13.3. The number of ketones is 2. The average Bonchev–Trinajstić information content (AvgIpc) is 2.61. The molecule has 0 spiro atoms. The van der Waals surface area contributed by atoms with Crippen LogP contribution in [-0.4, -0.2) is 21.1 Å². The van der Waals surface area contributed by atoms with Crippen molar-refractivity contribution in [1.29, 1.82) is 0 Å². The van der Waals surface area contributed by atoms with E-state index in [0.717, 1.165) is 0 Å². The topological polar surface area (TPSA) is 95.0 Å². The number of aromatic nitrogens is 2. The minimum Gasteiger partial charge on any atom is -0.398 e. The van der Waals surface area contributed by atoms with Gasteiger partial charge in [-0.05, 0) is 25.3 Å². The number of hydrogen-bond donors (Lipinski definition) is 1. The molecular weight excluding hydrogens is 270 g/mol. The number of anilines is 1. The maximum absolute atomic E-state index is 13.2. The standard InChI is InChI=1S/C15H15N3O3/c1-8-17-11-4-2-3-10(16)14(11)15(21)18(8)12-6-5-9(19)7-13(12)20/h2-4,12H,5-7,16H2,1H3/i1D2,2D,3D,4D,6D2,12D. The molecule has 1 aliphatic rings. The van der Waals surface area contributed by atoms with E-state index in [-0.39, 0.29) is 4.57 Å². The Morgan fingerprint density at radius 3 is 3.05 bits per heavy atom. The lowest BCUT2D eigenvalue weighted by Gasteiger charge is -2.24. The molecule has 0 saturated heterocycles. The molecule has 0 aliphatic heterocycles. The average molecular weight is 293 g/mol. The van der Waals surface area contributed by atoms with Gasteiger partial charge in [-0.2, -0.15) is 0 Å². The maximum atomic E-state index is 13.2. The van der Waals surface area contributed by atoms with Gasteiger partial charge in [-0.25, -0.2) is 4.98 Å². The molecule has 3 rings (SSSR count). The molecule has 0 bridgehead atoms. The van der Waals surface area contributed by atoms with Crippen molar-refractivity contribution in [3.8, 4) is 0 Å². The van der Waals surface area contributed by atoms with Crippen molar-refractivity contribution < 1.29 is 20.6 Å². The van der Waals surface area contributed by atoms with E-state index < -0.39 is 89.8 Å². The van der Waals surface area contributed by atoms with Crippen LogP contribution in [0.1, 0.15) is 42.0 Å². The van der Waals surface area contributed by atoms with Crippen molar-refractivity contribution in [1.82, 2.24) is 9.55 Å². The number of aryl methyl sites for hydroxylation is 1. The Balaban J connectivity index is 2.56. The molecule has 21 heavy (non-hydrogen) atoms. The van der Waals surface area contributed by atoms with Crippen LogP contribution in [0.25, 0.3) is 10.9 Å². The molecule has 1 unspecified atom stereocenters. The van der Waals surface area contributed by atoms with E-state index >= 15 is 0 Å². The molecular formula is C15H15N3O3. The van der Waals surface area contributed by atoms with Crippen molar-refractivity contribution >= 4 is 28.2 Å². The molecule has 1 saturated carbocycles. The van der Waals surface area contributed by atoms with Crippen molar-refractivity contribution in [3.63, 3.8) is 0 Å². The summed E-state index contributed by atoms with van der Waals surface area (Å²) in [5.74, 6) is -2.83. The Morgan fingerprint density at radius 2 is 2.33 bits per heavy atom. The lowest BCUT2D eigenvalue weighted by atomic mass is 9.92. The van der Waals surface area contributed by atoms with Gasteiger partial charge in [-0.1, -0.05) is 6.04 Å². The van der Waals surface area contributed by atoms with Gasteiger partial charge < -0.3 is 5.73 Å². The number of nitrogens with two attached hydrogens (primary N) is 1. The second kappa shape index (κ2) is 4.80. The van der Waals surface area contributed by atoms with Crippen LogP contribution in [0.15, 0.2) is 22.9 Å². The molecule has 108 valence electrons. The maximum Gasteiger partial charge on any atom is 0.264 e. The van der Waals surface area contributed by atoms with Crippen molar-refractivity contribution in [3.05, 3.63) is 34.3 Å². The highest BCUT2D eigenvalue weighted by Gasteiger charge is 2.30. The summed E-state index contributed by atoms with van der Waals surface area (Å²) in [4.78, 5) is 41.3. The van der Waals surface area contributed by atoms with E-state index in [9.17, 15) is 14.4 Å². The van der Waals surface area contributed by atoms with Crippen LogP contribution < -0.4 is 11.3 Å².